The quantitative estimate of drug-likeness (QED) is 0.824. The Labute approximate surface area is 150 Å². The summed E-state index contributed by atoms with van der Waals surface area (Å²) in [4.78, 5) is 12.3. The summed E-state index contributed by atoms with van der Waals surface area (Å²) in [6.45, 7) is 0.260. The van der Waals surface area contributed by atoms with E-state index in [-0.39, 0.29) is 12.5 Å². The van der Waals surface area contributed by atoms with Crippen molar-refractivity contribution in [2.45, 2.75) is 49.7 Å². The third-order valence-electron chi connectivity index (χ3n) is 4.53. The van der Waals surface area contributed by atoms with Crippen LogP contribution in [0.2, 0.25) is 0 Å². The van der Waals surface area contributed by atoms with Gasteiger partial charge in [0.2, 0.25) is 0 Å². The van der Waals surface area contributed by atoms with Crippen LogP contribution >= 0.6 is 0 Å². The van der Waals surface area contributed by atoms with Gasteiger partial charge in [0.15, 0.2) is 0 Å². The molecule has 6 heteroatoms. The predicted octanol–water partition coefficient (Wildman–Crippen LogP) is 3.57. The van der Waals surface area contributed by atoms with Crippen molar-refractivity contribution in [2.75, 3.05) is 5.32 Å². The van der Waals surface area contributed by atoms with Gasteiger partial charge in [0.25, 0.3) is 5.91 Å². The fourth-order valence-electron chi connectivity index (χ4n) is 3.16. The second-order valence-corrected chi connectivity index (χ2v) is 8.16. The van der Waals surface area contributed by atoms with E-state index in [0.29, 0.717) is 28.0 Å². The molecule has 1 heterocycles. The summed E-state index contributed by atoms with van der Waals surface area (Å²) < 4.78 is 17.7. The van der Waals surface area contributed by atoms with E-state index >= 15 is 0 Å². The van der Waals surface area contributed by atoms with Crippen molar-refractivity contribution in [3.63, 3.8) is 0 Å². The number of hydrogen-bond donors (Lipinski definition) is 2. The first-order chi connectivity index (χ1) is 12.2. The fourth-order valence-corrected chi connectivity index (χ4v) is 4.76. The van der Waals surface area contributed by atoms with Crippen molar-refractivity contribution >= 4 is 22.4 Å². The third-order valence-corrected chi connectivity index (χ3v) is 6.37. The number of amides is 1. The summed E-state index contributed by atoms with van der Waals surface area (Å²) in [5, 5.41) is 3.16. The Hall–Kier alpha value is -1.92. The van der Waals surface area contributed by atoms with E-state index in [4.69, 9.17) is 10.2 Å². The largest absolute Gasteiger partial charge is 0.467 e. The molecule has 0 saturated heterocycles. The van der Waals surface area contributed by atoms with Gasteiger partial charge >= 0.3 is 0 Å². The topological polar surface area (TPSA) is 85.3 Å². The van der Waals surface area contributed by atoms with E-state index < -0.39 is 10.8 Å². The van der Waals surface area contributed by atoms with Gasteiger partial charge in [-0.1, -0.05) is 31.4 Å². The molecular weight excluding hydrogens is 336 g/mol. The van der Waals surface area contributed by atoms with Gasteiger partial charge in [0, 0.05) is 27.5 Å². The fraction of sp³-hybridized carbons (Fsp3) is 0.421. The van der Waals surface area contributed by atoms with Crippen LogP contribution in [-0.2, 0) is 23.1 Å². The van der Waals surface area contributed by atoms with Crippen LogP contribution < -0.4 is 11.1 Å². The second kappa shape index (κ2) is 8.45. The molecule has 1 atom stereocenters. The molecular formula is C19H24N2O3S. The summed E-state index contributed by atoms with van der Waals surface area (Å²) in [5.41, 5.74) is 7.61. The summed E-state index contributed by atoms with van der Waals surface area (Å²) >= 11 is 0. The zero-order valence-corrected chi connectivity index (χ0v) is 15.0. The number of anilines is 1. The first kappa shape index (κ1) is 17.9. The average Bonchev–Trinajstić information content (AvgIpc) is 3.12. The Balaban J connectivity index is 1.62. The Morgan fingerprint density at radius 2 is 2.04 bits per heavy atom. The highest BCUT2D eigenvalue weighted by Crippen LogP contribution is 2.24. The maximum Gasteiger partial charge on any atom is 0.258 e. The van der Waals surface area contributed by atoms with E-state index in [2.05, 4.69) is 5.32 Å². The molecule has 1 aromatic carbocycles. The number of nitrogens with one attached hydrogen (secondary N) is 1. The van der Waals surface area contributed by atoms with Gasteiger partial charge in [-0.25, -0.2) is 0 Å². The minimum absolute atomic E-state index is 0.242. The number of hydrogen-bond acceptors (Lipinski definition) is 4. The van der Waals surface area contributed by atoms with E-state index in [0.717, 1.165) is 18.4 Å². The molecule has 5 nitrogen and oxygen atoms in total. The lowest BCUT2D eigenvalue weighted by molar-refractivity contribution is 0.102. The Morgan fingerprint density at radius 1 is 1.24 bits per heavy atom. The molecule has 1 amide bonds. The van der Waals surface area contributed by atoms with Crippen molar-refractivity contribution in [3.8, 4) is 0 Å². The lowest BCUT2D eigenvalue weighted by Crippen LogP contribution is -2.19. The second-order valence-electron chi connectivity index (χ2n) is 6.45. The molecule has 3 N–H and O–H groups in total. The van der Waals surface area contributed by atoms with E-state index in [1.165, 1.54) is 25.5 Å². The highest BCUT2D eigenvalue weighted by atomic mass is 32.2. The van der Waals surface area contributed by atoms with Gasteiger partial charge in [-0.2, -0.15) is 0 Å². The molecule has 1 fully saturated rings. The Morgan fingerprint density at radius 3 is 2.76 bits per heavy atom. The van der Waals surface area contributed by atoms with Gasteiger partial charge < -0.3 is 15.5 Å². The lowest BCUT2D eigenvalue weighted by atomic mass is 10.0. The number of benzene rings is 1. The smallest absolute Gasteiger partial charge is 0.258 e. The van der Waals surface area contributed by atoms with Gasteiger partial charge in [0.1, 0.15) is 12.0 Å². The maximum atomic E-state index is 12.6. The van der Waals surface area contributed by atoms with Crippen LogP contribution in [0.25, 0.3) is 0 Å². The van der Waals surface area contributed by atoms with Crippen LogP contribution in [0.3, 0.4) is 0 Å². The van der Waals surface area contributed by atoms with Crippen LogP contribution in [0.15, 0.2) is 41.0 Å². The molecule has 1 aromatic heterocycles. The van der Waals surface area contributed by atoms with E-state index in [1.54, 1.807) is 6.07 Å². The van der Waals surface area contributed by atoms with Crippen LogP contribution in [0.4, 0.5) is 5.69 Å². The number of carbonyl (C=O) groups excluding carboxylic acids is 1. The molecule has 0 aliphatic heterocycles. The van der Waals surface area contributed by atoms with Gasteiger partial charge in [-0.15, -0.1) is 0 Å². The molecule has 134 valence electrons. The highest BCUT2D eigenvalue weighted by Gasteiger charge is 2.20. The molecule has 0 radical (unpaired) electrons. The molecule has 0 spiro atoms. The van der Waals surface area contributed by atoms with Crippen LogP contribution in [0.1, 0.15) is 53.8 Å². The van der Waals surface area contributed by atoms with Crippen molar-refractivity contribution in [1.82, 2.24) is 0 Å². The first-order valence-electron chi connectivity index (χ1n) is 8.70. The van der Waals surface area contributed by atoms with Crippen LogP contribution in [0.5, 0.6) is 0 Å². The summed E-state index contributed by atoms with van der Waals surface area (Å²) in [7, 11) is -0.854. The summed E-state index contributed by atoms with van der Waals surface area (Å²) in [6.07, 6.45) is 7.15. The van der Waals surface area contributed by atoms with Crippen molar-refractivity contribution in [1.29, 1.82) is 0 Å². The standard InChI is InChI=1S/C19H24N2O3S/c20-11-17-10-15(12-24-17)19(22)21-16-6-4-5-14(9-16)13-25(23)18-7-2-1-3-8-18/h4-6,9-10,12,18H,1-3,7-8,11,13,20H2,(H,21,22). The zero-order chi connectivity index (χ0) is 17.6. The number of carbonyl (C=O) groups is 1. The number of furan rings is 1. The minimum atomic E-state index is -0.854. The maximum absolute atomic E-state index is 12.6. The molecule has 25 heavy (non-hydrogen) atoms. The average molecular weight is 360 g/mol. The van der Waals surface area contributed by atoms with Crippen molar-refractivity contribution in [2.24, 2.45) is 5.73 Å². The molecule has 1 unspecified atom stereocenters. The van der Waals surface area contributed by atoms with Crippen molar-refractivity contribution in [3.05, 3.63) is 53.5 Å². The molecule has 0 bridgehead atoms. The summed E-state index contributed by atoms with van der Waals surface area (Å²) in [5.74, 6) is 0.869. The minimum Gasteiger partial charge on any atom is -0.467 e. The molecule has 2 aromatic rings. The zero-order valence-electron chi connectivity index (χ0n) is 14.2. The normalized spacial score (nSPS) is 16.5. The molecule has 1 saturated carbocycles. The third kappa shape index (κ3) is 4.80. The Bertz CT molecular complexity index is 751. The molecule has 1 aliphatic rings. The number of nitrogens with two attached hydrogens (primary N) is 1. The van der Waals surface area contributed by atoms with Crippen LogP contribution in [-0.4, -0.2) is 15.4 Å². The predicted molar refractivity (Wildman–Crippen MR) is 99.7 cm³/mol. The van der Waals surface area contributed by atoms with E-state index in [1.807, 2.05) is 24.3 Å². The molecule has 3 rings (SSSR count). The van der Waals surface area contributed by atoms with Crippen LogP contribution in [0, 0.1) is 0 Å². The summed E-state index contributed by atoms with van der Waals surface area (Å²) in [6, 6.07) is 9.19. The molecule has 1 aliphatic carbocycles. The highest BCUT2D eigenvalue weighted by molar-refractivity contribution is 7.84. The first-order valence-corrected chi connectivity index (χ1v) is 10.1. The van der Waals surface area contributed by atoms with Gasteiger partial charge in [0.05, 0.1) is 12.1 Å². The monoisotopic (exact) mass is 360 g/mol. The van der Waals surface area contributed by atoms with E-state index in [9.17, 15) is 9.00 Å². The number of rotatable bonds is 6. The van der Waals surface area contributed by atoms with Gasteiger partial charge in [-0.3, -0.25) is 9.00 Å². The lowest BCUT2D eigenvalue weighted by Gasteiger charge is -2.21. The SMILES string of the molecule is NCc1cc(C(=O)Nc2cccc(CS(=O)C3CCCCC3)c2)co1. The Kier molecular flexibility index (Phi) is 6.04. The van der Waals surface area contributed by atoms with Gasteiger partial charge in [-0.05, 0) is 36.6 Å². The van der Waals surface area contributed by atoms with Crippen molar-refractivity contribution < 1.29 is 13.4 Å².